The van der Waals surface area contributed by atoms with Crippen LogP contribution >= 0.6 is 0 Å². The first-order valence-electron chi connectivity index (χ1n) is 7.66. The van der Waals surface area contributed by atoms with Gasteiger partial charge in [0.15, 0.2) is 5.79 Å². The molecule has 1 heterocycles. The Hall–Kier alpha value is -1.92. The maximum absolute atomic E-state index is 12.4. The molecular formula is C17H21NO5. The van der Waals surface area contributed by atoms with Crippen molar-refractivity contribution in [2.75, 3.05) is 13.7 Å². The van der Waals surface area contributed by atoms with Gasteiger partial charge in [-0.15, -0.1) is 0 Å². The van der Waals surface area contributed by atoms with Crippen LogP contribution in [0.15, 0.2) is 30.3 Å². The highest BCUT2D eigenvalue weighted by molar-refractivity contribution is 5.99. The highest BCUT2D eigenvalue weighted by atomic mass is 16.7. The quantitative estimate of drug-likeness (QED) is 0.851. The zero-order valence-electron chi connectivity index (χ0n) is 13.5. The lowest BCUT2D eigenvalue weighted by Gasteiger charge is -2.21. The standard InChI is InChI=1S/C17H21NO5/c1-16(2)22-10-13(23-16)12-9-17(12,15(20)21-3)18-14(19)11-7-5-4-6-8-11/h4-8,12-13H,9-10H2,1-3H3,(H,18,19)/t12-,13-,17+/m1/s1. The van der Waals surface area contributed by atoms with Gasteiger partial charge in [-0.2, -0.15) is 0 Å². The van der Waals surface area contributed by atoms with Crippen LogP contribution in [0.1, 0.15) is 30.6 Å². The van der Waals surface area contributed by atoms with Crippen LogP contribution < -0.4 is 5.32 Å². The normalized spacial score (nSPS) is 31.4. The van der Waals surface area contributed by atoms with Gasteiger partial charge in [0.1, 0.15) is 5.54 Å². The van der Waals surface area contributed by atoms with Gasteiger partial charge >= 0.3 is 5.97 Å². The molecule has 1 amide bonds. The van der Waals surface area contributed by atoms with Gasteiger partial charge in [-0.05, 0) is 32.4 Å². The molecule has 1 aromatic rings. The van der Waals surface area contributed by atoms with Gasteiger partial charge in [-0.25, -0.2) is 4.79 Å². The fraction of sp³-hybridized carbons (Fsp3) is 0.529. The molecule has 1 aromatic carbocycles. The number of amides is 1. The number of nitrogens with one attached hydrogen (secondary N) is 1. The molecule has 0 spiro atoms. The van der Waals surface area contributed by atoms with E-state index in [1.165, 1.54) is 7.11 Å². The molecule has 0 bridgehead atoms. The smallest absolute Gasteiger partial charge is 0.331 e. The second kappa shape index (κ2) is 5.62. The summed E-state index contributed by atoms with van der Waals surface area (Å²) in [5.74, 6) is -1.56. The van der Waals surface area contributed by atoms with E-state index in [-0.39, 0.29) is 17.9 Å². The predicted molar refractivity (Wildman–Crippen MR) is 81.7 cm³/mol. The molecule has 6 nitrogen and oxygen atoms in total. The molecule has 1 saturated carbocycles. The summed E-state index contributed by atoms with van der Waals surface area (Å²) in [4.78, 5) is 24.7. The number of benzene rings is 1. The second-order valence-corrected chi connectivity index (χ2v) is 6.46. The van der Waals surface area contributed by atoms with E-state index >= 15 is 0 Å². The van der Waals surface area contributed by atoms with E-state index in [1.807, 2.05) is 19.9 Å². The molecule has 1 N–H and O–H groups in total. The van der Waals surface area contributed by atoms with Crippen molar-refractivity contribution in [3.05, 3.63) is 35.9 Å². The Labute approximate surface area is 135 Å². The van der Waals surface area contributed by atoms with Crippen LogP contribution in [0.5, 0.6) is 0 Å². The van der Waals surface area contributed by atoms with E-state index in [4.69, 9.17) is 14.2 Å². The zero-order chi connectivity index (χ0) is 16.7. The first kappa shape index (κ1) is 16.0. The summed E-state index contributed by atoms with van der Waals surface area (Å²) in [5.41, 5.74) is -0.527. The summed E-state index contributed by atoms with van der Waals surface area (Å²) in [6, 6.07) is 8.80. The number of carbonyl (C=O) groups is 2. The minimum atomic E-state index is -1.03. The predicted octanol–water partition coefficient (Wildman–Crippen LogP) is 1.50. The van der Waals surface area contributed by atoms with Gasteiger partial charge in [-0.3, -0.25) is 4.79 Å². The van der Waals surface area contributed by atoms with E-state index in [0.29, 0.717) is 18.6 Å². The summed E-state index contributed by atoms with van der Waals surface area (Å²) in [7, 11) is 1.32. The highest BCUT2D eigenvalue weighted by Crippen LogP contribution is 2.50. The topological polar surface area (TPSA) is 73.9 Å². The van der Waals surface area contributed by atoms with Crippen LogP contribution in [-0.2, 0) is 19.0 Å². The summed E-state index contributed by atoms with van der Waals surface area (Å²) >= 11 is 0. The molecule has 1 aliphatic heterocycles. The highest BCUT2D eigenvalue weighted by Gasteiger charge is 2.67. The van der Waals surface area contributed by atoms with E-state index in [0.717, 1.165) is 0 Å². The molecule has 3 rings (SSSR count). The largest absolute Gasteiger partial charge is 0.467 e. The Bertz CT molecular complexity index is 615. The first-order valence-corrected chi connectivity index (χ1v) is 7.66. The minimum Gasteiger partial charge on any atom is -0.467 e. The summed E-state index contributed by atoms with van der Waals surface area (Å²) in [6.07, 6.45) is 0.252. The molecule has 3 atom stereocenters. The van der Waals surface area contributed by atoms with Crippen LogP contribution in [0, 0.1) is 5.92 Å². The second-order valence-electron chi connectivity index (χ2n) is 6.46. The molecule has 23 heavy (non-hydrogen) atoms. The van der Waals surface area contributed by atoms with Crippen LogP contribution in [0.4, 0.5) is 0 Å². The van der Waals surface area contributed by atoms with E-state index in [9.17, 15) is 9.59 Å². The van der Waals surface area contributed by atoms with E-state index in [2.05, 4.69) is 5.32 Å². The van der Waals surface area contributed by atoms with Crippen molar-refractivity contribution in [1.29, 1.82) is 0 Å². The lowest BCUT2D eigenvalue weighted by Crippen LogP contribution is -2.47. The van der Waals surface area contributed by atoms with E-state index in [1.54, 1.807) is 24.3 Å². The van der Waals surface area contributed by atoms with Crippen molar-refractivity contribution in [1.82, 2.24) is 5.32 Å². The van der Waals surface area contributed by atoms with Crippen molar-refractivity contribution >= 4 is 11.9 Å². The van der Waals surface area contributed by atoms with Gasteiger partial charge < -0.3 is 19.5 Å². The molecule has 2 fully saturated rings. The molecule has 2 aliphatic rings. The molecule has 1 saturated heterocycles. The molecule has 0 radical (unpaired) electrons. The third kappa shape index (κ3) is 2.96. The van der Waals surface area contributed by atoms with Crippen molar-refractivity contribution in [3.8, 4) is 0 Å². The number of hydrogen-bond acceptors (Lipinski definition) is 5. The van der Waals surface area contributed by atoms with Gasteiger partial charge in [-0.1, -0.05) is 18.2 Å². The fourth-order valence-electron chi connectivity index (χ4n) is 3.13. The maximum Gasteiger partial charge on any atom is 0.331 e. The Morgan fingerprint density at radius 2 is 1.96 bits per heavy atom. The Morgan fingerprint density at radius 1 is 1.26 bits per heavy atom. The SMILES string of the molecule is COC(=O)[C@]1(NC(=O)c2ccccc2)C[C@@H]1[C@H]1COC(C)(C)O1. The molecular weight excluding hydrogens is 298 g/mol. The number of rotatable bonds is 4. The van der Waals surface area contributed by atoms with E-state index < -0.39 is 17.3 Å². The summed E-state index contributed by atoms with van der Waals surface area (Å²) in [5, 5.41) is 2.84. The molecule has 124 valence electrons. The molecule has 0 aromatic heterocycles. The van der Waals surface area contributed by atoms with Crippen LogP contribution in [0.2, 0.25) is 0 Å². The number of ether oxygens (including phenoxy) is 3. The fourth-order valence-corrected chi connectivity index (χ4v) is 3.13. The monoisotopic (exact) mass is 319 g/mol. The third-order valence-corrected chi connectivity index (χ3v) is 4.42. The van der Waals surface area contributed by atoms with Crippen molar-refractivity contribution < 1.29 is 23.8 Å². The summed E-state index contributed by atoms with van der Waals surface area (Å²) in [6.45, 7) is 4.06. The van der Waals surface area contributed by atoms with Gasteiger partial charge in [0, 0.05) is 11.5 Å². The third-order valence-electron chi connectivity index (χ3n) is 4.42. The number of carbonyl (C=O) groups excluding carboxylic acids is 2. The van der Waals surface area contributed by atoms with Gasteiger partial charge in [0.25, 0.3) is 5.91 Å². The average molecular weight is 319 g/mol. The van der Waals surface area contributed by atoms with Crippen LogP contribution in [-0.4, -0.2) is 43.0 Å². The lowest BCUT2D eigenvalue weighted by molar-refractivity contribution is -0.149. The first-order chi connectivity index (χ1) is 10.9. The zero-order valence-corrected chi connectivity index (χ0v) is 13.5. The van der Waals surface area contributed by atoms with Crippen LogP contribution in [0.25, 0.3) is 0 Å². The number of hydrogen-bond donors (Lipinski definition) is 1. The number of esters is 1. The van der Waals surface area contributed by atoms with Crippen molar-refractivity contribution in [2.24, 2.45) is 5.92 Å². The molecule has 6 heteroatoms. The van der Waals surface area contributed by atoms with Crippen molar-refractivity contribution in [3.63, 3.8) is 0 Å². The Balaban J connectivity index is 1.75. The molecule has 1 aliphatic carbocycles. The Kier molecular flexibility index (Phi) is 3.90. The maximum atomic E-state index is 12.4. The average Bonchev–Trinajstić information content (AvgIpc) is 3.15. The number of methoxy groups -OCH3 is 1. The minimum absolute atomic E-state index is 0.149. The van der Waals surface area contributed by atoms with Crippen LogP contribution in [0.3, 0.4) is 0 Å². The van der Waals surface area contributed by atoms with Crippen molar-refractivity contribution in [2.45, 2.75) is 37.7 Å². The van der Waals surface area contributed by atoms with Gasteiger partial charge in [0.05, 0.1) is 19.8 Å². The Morgan fingerprint density at radius 3 is 2.52 bits per heavy atom. The lowest BCUT2D eigenvalue weighted by atomic mass is 10.1. The summed E-state index contributed by atoms with van der Waals surface area (Å²) < 4.78 is 16.3. The van der Waals surface area contributed by atoms with Gasteiger partial charge in [0.2, 0.25) is 0 Å². The molecule has 0 unspecified atom stereocenters.